The highest BCUT2D eigenvalue weighted by molar-refractivity contribution is 5.18. The van der Waals surface area contributed by atoms with Crippen molar-refractivity contribution in [3.05, 3.63) is 35.6 Å². The zero-order chi connectivity index (χ0) is 15.4. The van der Waals surface area contributed by atoms with E-state index in [1.54, 1.807) is 12.1 Å². The standard InChI is InChI=1S/C19H28FNO/c1-22-19-14-21(17-8-3-2-4-9-17)12-11-16(19)13-15-7-5-6-10-18(15)20/h5-7,10,16-17,19H,2-4,8-9,11-14H2,1H3/t16-,19+/m1/s1. The molecule has 22 heavy (non-hydrogen) atoms. The van der Waals surface area contributed by atoms with Crippen LogP contribution >= 0.6 is 0 Å². The molecule has 1 aliphatic heterocycles. The molecule has 1 saturated heterocycles. The number of ether oxygens (including phenoxy) is 1. The van der Waals surface area contributed by atoms with Gasteiger partial charge in [-0.1, -0.05) is 37.5 Å². The zero-order valence-corrected chi connectivity index (χ0v) is 13.6. The molecular weight excluding hydrogens is 277 g/mol. The maximum absolute atomic E-state index is 13.9. The topological polar surface area (TPSA) is 12.5 Å². The maximum Gasteiger partial charge on any atom is 0.126 e. The van der Waals surface area contributed by atoms with Gasteiger partial charge in [-0.2, -0.15) is 0 Å². The number of hydrogen-bond donors (Lipinski definition) is 0. The van der Waals surface area contributed by atoms with Gasteiger partial charge in [0.05, 0.1) is 6.10 Å². The van der Waals surface area contributed by atoms with Gasteiger partial charge >= 0.3 is 0 Å². The molecule has 1 heterocycles. The molecule has 0 N–H and O–H groups in total. The van der Waals surface area contributed by atoms with Gasteiger partial charge in [0, 0.05) is 19.7 Å². The molecule has 2 atom stereocenters. The van der Waals surface area contributed by atoms with Gasteiger partial charge in [-0.3, -0.25) is 4.90 Å². The van der Waals surface area contributed by atoms with Crippen LogP contribution < -0.4 is 0 Å². The van der Waals surface area contributed by atoms with Gasteiger partial charge in [-0.25, -0.2) is 4.39 Å². The number of likely N-dealkylation sites (tertiary alicyclic amines) is 1. The molecule has 0 spiro atoms. The molecule has 2 nitrogen and oxygen atoms in total. The highest BCUT2D eigenvalue weighted by Crippen LogP contribution is 2.30. The fourth-order valence-corrected chi connectivity index (χ4v) is 4.21. The molecule has 1 saturated carbocycles. The third-order valence-electron chi connectivity index (χ3n) is 5.56. The number of rotatable bonds is 4. The third-order valence-corrected chi connectivity index (χ3v) is 5.56. The van der Waals surface area contributed by atoms with Crippen LogP contribution in [0.1, 0.15) is 44.1 Å². The molecule has 3 rings (SSSR count). The first kappa shape index (κ1) is 15.9. The number of methoxy groups -OCH3 is 1. The Balaban J connectivity index is 1.61. The lowest BCUT2D eigenvalue weighted by atomic mass is 9.85. The van der Waals surface area contributed by atoms with E-state index >= 15 is 0 Å². The Bertz CT molecular complexity index is 472. The first-order valence-electron chi connectivity index (χ1n) is 8.78. The van der Waals surface area contributed by atoms with Crippen molar-refractivity contribution in [1.29, 1.82) is 0 Å². The predicted molar refractivity (Wildman–Crippen MR) is 87.5 cm³/mol. The predicted octanol–water partition coefficient (Wildman–Crippen LogP) is 4.04. The molecule has 1 aromatic rings. The molecule has 0 amide bonds. The second-order valence-electron chi connectivity index (χ2n) is 6.91. The Morgan fingerprint density at radius 1 is 1.14 bits per heavy atom. The first-order valence-corrected chi connectivity index (χ1v) is 8.78. The average Bonchev–Trinajstić information content (AvgIpc) is 2.58. The Morgan fingerprint density at radius 3 is 2.64 bits per heavy atom. The normalized spacial score (nSPS) is 27.9. The van der Waals surface area contributed by atoms with Crippen LogP contribution in [0.2, 0.25) is 0 Å². The average molecular weight is 305 g/mol. The van der Waals surface area contributed by atoms with Crippen LogP contribution in [0.15, 0.2) is 24.3 Å². The lowest BCUT2D eigenvalue weighted by molar-refractivity contribution is -0.0296. The van der Waals surface area contributed by atoms with E-state index in [4.69, 9.17) is 4.74 Å². The maximum atomic E-state index is 13.9. The number of benzene rings is 1. The Labute approximate surface area is 133 Å². The molecule has 2 aliphatic rings. The molecule has 0 bridgehead atoms. The number of halogens is 1. The molecule has 3 heteroatoms. The summed E-state index contributed by atoms with van der Waals surface area (Å²) in [6, 6.07) is 7.92. The van der Waals surface area contributed by atoms with Crippen LogP contribution in [-0.4, -0.2) is 37.2 Å². The smallest absolute Gasteiger partial charge is 0.126 e. The van der Waals surface area contributed by atoms with Gasteiger partial charge in [0.1, 0.15) is 5.82 Å². The molecule has 0 unspecified atom stereocenters. The van der Waals surface area contributed by atoms with Crippen molar-refractivity contribution in [2.45, 2.75) is 57.1 Å². The van der Waals surface area contributed by atoms with Crippen LogP contribution in [0.4, 0.5) is 4.39 Å². The summed E-state index contributed by atoms with van der Waals surface area (Å²) >= 11 is 0. The van der Waals surface area contributed by atoms with E-state index in [1.807, 2.05) is 19.2 Å². The van der Waals surface area contributed by atoms with Crippen molar-refractivity contribution in [3.8, 4) is 0 Å². The van der Waals surface area contributed by atoms with E-state index in [2.05, 4.69) is 4.90 Å². The summed E-state index contributed by atoms with van der Waals surface area (Å²) in [6.45, 7) is 2.16. The molecule has 122 valence electrons. The van der Waals surface area contributed by atoms with Gasteiger partial charge in [-0.05, 0) is 49.8 Å². The SMILES string of the molecule is CO[C@H]1CN(C2CCCCC2)CC[C@@H]1Cc1ccccc1F. The van der Waals surface area contributed by atoms with E-state index in [0.717, 1.165) is 37.5 Å². The Kier molecular flexibility index (Phi) is 5.48. The lowest BCUT2D eigenvalue weighted by Crippen LogP contribution is -2.50. The second-order valence-corrected chi connectivity index (χ2v) is 6.91. The van der Waals surface area contributed by atoms with Crippen LogP contribution in [0.25, 0.3) is 0 Å². The van der Waals surface area contributed by atoms with Crippen LogP contribution in [0.5, 0.6) is 0 Å². The van der Waals surface area contributed by atoms with Gasteiger partial charge in [0.2, 0.25) is 0 Å². The highest BCUT2D eigenvalue weighted by Gasteiger charge is 2.33. The summed E-state index contributed by atoms with van der Waals surface area (Å²) in [7, 11) is 1.81. The largest absolute Gasteiger partial charge is 0.380 e. The first-order chi connectivity index (χ1) is 10.8. The summed E-state index contributed by atoms with van der Waals surface area (Å²) < 4.78 is 19.7. The van der Waals surface area contributed by atoms with E-state index in [1.165, 1.54) is 32.1 Å². The fraction of sp³-hybridized carbons (Fsp3) is 0.684. The summed E-state index contributed by atoms with van der Waals surface area (Å²) in [5, 5.41) is 0. The van der Waals surface area contributed by atoms with Gasteiger partial charge in [0.25, 0.3) is 0 Å². The molecule has 0 aromatic heterocycles. The van der Waals surface area contributed by atoms with Crippen LogP contribution in [-0.2, 0) is 11.2 Å². The van der Waals surface area contributed by atoms with Crippen molar-refractivity contribution >= 4 is 0 Å². The second kappa shape index (κ2) is 7.56. The van der Waals surface area contributed by atoms with Gasteiger partial charge in [-0.15, -0.1) is 0 Å². The Hall–Kier alpha value is -0.930. The number of nitrogens with zero attached hydrogens (tertiary/aromatic N) is 1. The van der Waals surface area contributed by atoms with Crippen LogP contribution in [0.3, 0.4) is 0 Å². The van der Waals surface area contributed by atoms with E-state index in [-0.39, 0.29) is 11.9 Å². The molecule has 1 aromatic carbocycles. The minimum absolute atomic E-state index is 0.0768. The molecular formula is C19H28FNO. The molecule has 1 aliphatic carbocycles. The van der Waals surface area contributed by atoms with Crippen molar-refractivity contribution in [2.75, 3.05) is 20.2 Å². The summed E-state index contributed by atoms with van der Waals surface area (Å²) in [5.41, 5.74) is 0.834. The monoisotopic (exact) mass is 305 g/mol. The van der Waals surface area contributed by atoms with E-state index in [0.29, 0.717) is 5.92 Å². The van der Waals surface area contributed by atoms with Crippen molar-refractivity contribution < 1.29 is 9.13 Å². The van der Waals surface area contributed by atoms with Crippen molar-refractivity contribution in [1.82, 2.24) is 4.90 Å². The summed E-state index contributed by atoms with van der Waals surface area (Å²) in [6.07, 6.45) is 8.97. The van der Waals surface area contributed by atoms with Crippen LogP contribution in [0, 0.1) is 11.7 Å². The van der Waals surface area contributed by atoms with Gasteiger partial charge in [0.15, 0.2) is 0 Å². The minimum Gasteiger partial charge on any atom is -0.380 e. The van der Waals surface area contributed by atoms with Crippen molar-refractivity contribution in [3.63, 3.8) is 0 Å². The number of piperidine rings is 1. The number of hydrogen-bond acceptors (Lipinski definition) is 2. The summed E-state index contributed by atoms with van der Waals surface area (Å²) in [5.74, 6) is 0.355. The summed E-state index contributed by atoms with van der Waals surface area (Å²) in [4.78, 5) is 2.63. The minimum atomic E-state index is -0.0768. The quantitative estimate of drug-likeness (QED) is 0.832. The molecule has 0 radical (unpaired) electrons. The third kappa shape index (κ3) is 3.69. The lowest BCUT2D eigenvalue weighted by Gasteiger charge is -2.43. The van der Waals surface area contributed by atoms with E-state index in [9.17, 15) is 4.39 Å². The zero-order valence-electron chi connectivity index (χ0n) is 13.6. The van der Waals surface area contributed by atoms with Crippen molar-refractivity contribution in [2.24, 2.45) is 5.92 Å². The van der Waals surface area contributed by atoms with Gasteiger partial charge < -0.3 is 4.74 Å². The fourth-order valence-electron chi connectivity index (χ4n) is 4.21. The van der Waals surface area contributed by atoms with E-state index < -0.39 is 0 Å². The highest BCUT2D eigenvalue weighted by atomic mass is 19.1. The molecule has 2 fully saturated rings. The Morgan fingerprint density at radius 2 is 1.91 bits per heavy atom.